The molecule has 0 aromatic heterocycles. The Morgan fingerprint density at radius 2 is 1.80 bits per heavy atom. The van der Waals surface area contributed by atoms with Crippen LogP contribution in [0.5, 0.6) is 0 Å². The van der Waals surface area contributed by atoms with Crippen molar-refractivity contribution in [1.29, 1.82) is 0 Å². The Balaban J connectivity index is 2.47. The molecule has 0 fully saturated rings. The van der Waals surface area contributed by atoms with Crippen LogP contribution in [0.1, 0.15) is 22.0 Å². The van der Waals surface area contributed by atoms with Crippen molar-refractivity contribution in [1.82, 2.24) is 0 Å². The highest BCUT2D eigenvalue weighted by Gasteiger charge is 2.28. The second kappa shape index (κ2) is 6.24. The van der Waals surface area contributed by atoms with Crippen molar-refractivity contribution in [2.75, 3.05) is 7.11 Å². The number of ketones is 1. The molecule has 0 saturated carbocycles. The summed E-state index contributed by atoms with van der Waals surface area (Å²) in [5, 5.41) is 0. The maximum atomic E-state index is 14.0. The average molecular weight is 341 g/mol. The first-order valence-electron chi connectivity index (χ1n) is 5.81. The molecule has 0 heterocycles. The Morgan fingerprint density at radius 1 is 1.15 bits per heavy atom. The summed E-state index contributed by atoms with van der Waals surface area (Å²) in [6.45, 7) is 0. The number of benzene rings is 2. The van der Waals surface area contributed by atoms with Crippen molar-refractivity contribution >= 4 is 21.7 Å². The summed E-state index contributed by atoms with van der Waals surface area (Å²) in [5.41, 5.74) is -0.0612. The van der Waals surface area contributed by atoms with E-state index >= 15 is 0 Å². The molecule has 0 aliphatic heterocycles. The quantitative estimate of drug-likeness (QED) is 0.612. The third kappa shape index (κ3) is 2.78. The molecule has 2 nitrogen and oxygen atoms in total. The molecule has 5 heteroatoms. The number of carbonyl (C=O) groups excluding carboxylic acids is 1. The third-order valence-corrected chi connectivity index (χ3v) is 3.48. The average Bonchev–Trinajstić information content (AvgIpc) is 2.45. The van der Waals surface area contributed by atoms with Gasteiger partial charge in [-0.1, -0.05) is 30.3 Å². The Hall–Kier alpha value is -1.59. The molecule has 2 aromatic carbocycles. The molecule has 0 spiro atoms. The summed E-state index contributed by atoms with van der Waals surface area (Å²) in [7, 11) is 1.32. The number of hydrogen-bond acceptors (Lipinski definition) is 2. The van der Waals surface area contributed by atoms with Crippen molar-refractivity contribution in [2.45, 2.75) is 6.10 Å². The monoisotopic (exact) mass is 340 g/mol. The lowest BCUT2D eigenvalue weighted by atomic mass is 9.99. The molecule has 0 N–H and O–H groups in total. The van der Waals surface area contributed by atoms with Gasteiger partial charge in [-0.15, -0.1) is 0 Å². The Bertz CT molecular complexity index is 629. The fourth-order valence-corrected chi connectivity index (χ4v) is 2.24. The number of Topliss-reactive ketones (excluding diaryl/α,β-unsaturated/α-hetero) is 1. The standard InChI is InChI=1S/C15H11BrF2O2/c1-20-15(9-5-3-2-4-6-9)14(19)12-11(17)8-7-10(16)13(12)18/h2-8,15H,1H3. The number of halogens is 3. The Kier molecular flexibility index (Phi) is 4.62. The normalized spacial score (nSPS) is 12.2. The van der Waals surface area contributed by atoms with Gasteiger partial charge in [0.15, 0.2) is 5.82 Å². The summed E-state index contributed by atoms with van der Waals surface area (Å²) in [4.78, 5) is 12.3. The molecule has 0 saturated heterocycles. The van der Waals surface area contributed by atoms with Gasteiger partial charge in [-0.3, -0.25) is 4.79 Å². The van der Waals surface area contributed by atoms with Crippen LogP contribution in [0.2, 0.25) is 0 Å². The molecule has 20 heavy (non-hydrogen) atoms. The number of ether oxygens (including phenoxy) is 1. The molecule has 104 valence electrons. The highest BCUT2D eigenvalue weighted by molar-refractivity contribution is 9.10. The molecule has 2 aromatic rings. The zero-order valence-electron chi connectivity index (χ0n) is 10.6. The van der Waals surface area contributed by atoms with Gasteiger partial charge in [0.25, 0.3) is 0 Å². The number of methoxy groups -OCH3 is 1. The van der Waals surface area contributed by atoms with Crippen molar-refractivity contribution < 1.29 is 18.3 Å². The first kappa shape index (κ1) is 14.8. The number of hydrogen-bond donors (Lipinski definition) is 0. The van der Waals surface area contributed by atoms with Gasteiger partial charge in [0.2, 0.25) is 5.78 Å². The molecule has 0 amide bonds. The predicted molar refractivity (Wildman–Crippen MR) is 74.6 cm³/mol. The van der Waals surface area contributed by atoms with E-state index in [0.29, 0.717) is 5.56 Å². The Morgan fingerprint density at radius 3 is 2.40 bits per heavy atom. The minimum atomic E-state index is -1.05. The molecule has 0 aliphatic rings. The first-order valence-corrected chi connectivity index (χ1v) is 6.61. The van der Waals surface area contributed by atoms with Gasteiger partial charge >= 0.3 is 0 Å². The molecule has 2 rings (SSSR count). The molecule has 1 unspecified atom stereocenters. The summed E-state index contributed by atoms with van der Waals surface area (Å²) >= 11 is 2.94. The smallest absolute Gasteiger partial charge is 0.202 e. The highest BCUT2D eigenvalue weighted by atomic mass is 79.9. The van der Waals surface area contributed by atoms with E-state index in [0.717, 1.165) is 6.07 Å². The van der Waals surface area contributed by atoms with Crippen LogP contribution >= 0.6 is 15.9 Å². The van der Waals surface area contributed by atoms with Gasteiger partial charge in [0.05, 0.1) is 10.0 Å². The van der Waals surface area contributed by atoms with E-state index in [9.17, 15) is 13.6 Å². The fraction of sp³-hybridized carbons (Fsp3) is 0.133. The van der Waals surface area contributed by atoms with Gasteiger partial charge in [-0.05, 0) is 33.6 Å². The SMILES string of the molecule is COC(C(=O)c1c(F)ccc(Br)c1F)c1ccccc1. The number of carbonyl (C=O) groups is 1. The van der Waals surface area contributed by atoms with Crippen molar-refractivity contribution in [3.05, 3.63) is 69.7 Å². The van der Waals surface area contributed by atoms with Crippen LogP contribution in [0, 0.1) is 11.6 Å². The largest absolute Gasteiger partial charge is 0.369 e. The van der Waals surface area contributed by atoms with Crippen molar-refractivity contribution in [2.24, 2.45) is 0 Å². The van der Waals surface area contributed by atoms with E-state index < -0.39 is 29.1 Å². The molecule has 0 aliphatic carbocycles. The van der Waals surface area contributed by atoms with E-state index in [2.05, 4.69) is 15.9 Å². The van der Waals surface area contributed by atoms with E-state index in [1.165, 1.54) is 13.2 Å². The number of rotatable bonds is 4. The van der Waals surface area contributed by atoms with Crippen LogP contribution in [-0.4, -0.2) is 12.9 Å². The van der Waals surface area contributed by atoms with Gasteiger partial charge in [0.1, 0.15) is 11.9 Å². The second-order valence-corrected chi connectivity index (χ2v) is 4.96. The lowest BCUT2D eigenvalue weighted by Gasteiger charge is -2.15. The summed E-state index contributed by atoms with van der Waals surface area (Å²) in [6, 6.07) is 10.8. The zero-order valence-corrected chi connectivity index (χ0v) is 12.2. The molecular formula is C15H11BrF2O2. The predicted octanol–water partition coefficient (Wildman–Crippen LogP) is 4.30. The molecule has 0 radical (unpaired) electrons. The van der Waals surface area contributed by atoms with Crippen molar-refractivity contribution in [3.8, 4) is 0 Å². The van der Waals surface area contributed by atoms with Crippen LogP contribution in [0.25, 0.3) is 0 Å². The van der Waals surface area contributed by atoms with Crippen LogP contribution in [0.3, 0.4) is 0 Å². The summed E-state index contributed by atoms with van der Waals surface area (Å²) < 4.78 is 32.9. The first-order chi connectivity index (χ1) is 9.56. The maximum Gasteiger partial charge on any atom is 0.202 e. The van der Waals surface area contributed by atoms with Crippen LogP contribution in [-0.2, 0) is 4.74 Å². The maximum absolute atomic E-state index is 14.0. The van der Waals surface area contributed by atoms with Gasteiger partial charge < -0.3 is 4.74 Å². The van der Waals surface area contributed by atoms with Gasteiger partial charge in [0, 0.05) is 7.11 Å². The van der Waals surface area contributed by atoms with Crippen molar-refractivity contribution in [3.63, 3.8) is 0 Å². The Labute approximate surface area is 123 Å². The minimum Gasteiger partial charge on any atom is -0.369 e. The van der Waals surface area contributed by atoms with E-state index in [1.54, 1.807) is 30.3 Å². The minimum absolute atomic E-state index is 0.0326. The van der Waals surface area contributed by atoms with Crippen LogP contribution < -0.4 is 0 Å². The van der Waals surface area contributed by atoms with E-state index in [1.807, 2.05) is 0 Å². The zero-order chi connectivity index (χ0) is 14.7. The fourth-order valence-electron chi connectivity index (χ4n) is 1.91. The molecule has 1 atom stereocenters. The summed E-state index contributed by atoms with van der Waals surface area (Å²) in [5.74, 6) is -2.59. The lowest BCUT2D eigenvalue weighted by Crippen LogP contribution is -2.18. The molecule has 0 bridgehead atoms. The third-order valence-electron chi connectivity index (χ3n) is 2.87. The van der Waals surface area contributed by atoms with Crippen LogP contribution in [0.15, 0.2) is 46.9 Å². The van der Waals surface area contributed by atoms with Crippen LogP contribution in [0.4, 0.5) is 8.78 Å². The van der Waals surface area contributed by atoms with Gasteiger partial charge in [-0.2, -0.15) is 0 Å². The van der Waals surface area contributed by atoms with E-state index in [4.69, 9.17) is 4.74 Å². The highest BCUT2D eigenvalue weighted by Crippen LogP contribution is 2.28. The van der Waals surface area contributed by atoms with E-state index in [-0.39, 0.29) is 4.47 Å². The molecular weight excluding hydrogens is 330 g/mol. The topological polar surface area (TPSA) is 26.3 Å². The lowest BCUT2D eigenvalue weighted by molar-refractivity contribution is 0.0595. The van der Waals surface area contributed by atoms with Gasteiger partial charge in [-0.25, -0.2) is 8.78 Å². The second-order valence-electron chi connectivity index (χ2n) is 4.11. The summed E-state index contributed by atoms with van der Waals surface area (Å²) in [6.07, 6.45) is -1.05.